The van der Waals surface area contributed by atoms with E-state index in [0.717, 1.165) is 22.8 Å². The first kappa shape index (κ1) is 37.4. The summed E-state index contributed by atoms with van der Waals surface area (Å²) in [4.78, 5) is 49.2. The van der Waals surface area contributed by atoms with Crippen LogP contribution < -0.4 is 10.6 Å². The van der Waals surface area contributed by atoms with Gasteiger partial charge in [-0.3, -0.25) is 39.5 Å². The molecule has 6 aromatic rings. The number of carbonyl (C=O) groups excluding carboxylic acids is 2. The number of aromatic nitrogens is 6. The molecule has 6 aromatic heterocycles. The Bertz CT molecular complexity index is 1680. The van der Waals surface area contributed by atoms with E-state index in [1.165, 1.54) is 12.4 Å². The van der Waals surface area contributed by atoms with Crippen LogP contribution >= 0.6 is 0 Å². The Labute approximate surface area is 298 Å². The van der Waals surface area contributed by atoms with Crippen molar-refractivity contribution in [3.05, 3.63) is 171 Å². The van der Waals surface area contributed by atoms with Gasteiger partial charge >= 0.3 is 0 Å². The van der Waals surface area contributed by atoms with Crippen LogP contribution in [0.4, 0.5) is 0 Å². The molecule has 6 heterocycles. The molecule has 0 spiro atoms. The van der Waals surface area contributed by atoms with Crippen molar-refractivity contribution in [3.63, 3.8) is 0 Å². The number of carbonyl (C=O) groups is 2. The molecule has 0 unspecified atom stereocenters. The van der Waals surface area contributed by atoms with Crippen molar-refractivity contribution in [3.8, 4) is 34.2 Å². The predicted molar refractivity (Wildman–Crippen MR) is 187 cm³/mol. The van der Waals surface area contributed by atoms with Crippen molar-refractivity contribution in [2.75, 3.05) is 13.1 Å². The zero-order valence-corrected chi connectivity index (χ0v) is 28.3. The molecule has 2 N–H and O–H groups in total. The monoisotopic (exact) mass is 736 g/mol. The van der Waals surface area contributed by atoms with Gasteiger partial charge in [-0.2, -0.15) is 0 Å². The molecule has 0 bridgehead atoms. The molecule has 0 saturated heterocycles. The molecule has 246 valence electrons. The molecule has 0 aromatic carbocycles. The topological polar surface area (TPSA) is 136 Å². The average molecular weight is 736 g/mol. The number of hydrogen-bond acceptors (Lipinski definition) is 8. The summed E-state index contributed by atoms with van der Waals surface area (Å²) in [7, 11) is 0. The van der Waals surface area contributed by atoms with E-state index >= 15 is 0 Å². The van der Waals surface area contributed by atoms with Crippen LogP contribution in [0.3, 0.4) is 0 Å². The number of hydrogen-bond donors (Lipinski definition) is 2. The van der Waals surface area contributed by atoms with Gasteiger partial charge in [0, 0.05) is 80.9 Å². The fourth-order valence-electron chi connectivity index (χ4n) is 4.01. The normalized spacial score (nSPS) is 9.55. The summed E-state index contributed by atoms with van der Waals surface area (Å²) in [6.07, 6.45) is 13.3. The summed E-state index contributed by atoms with van der Waals surface area (Å²) < 4.78 is 0. The molecule has 0 aliphatic heterocycles. The molecular weight excluding hydrogens is 702 g/mol. The van der Waals surface area contributed by atoms with Crippen molar-refractivity contribution in [2.45, 2.75) is 0 Å². The standard InChI is InChI=1S/C18H18N4O2.2C10H8N2.Ru/c1-3-7-21-17(23)13-5-9-19-15(11-13)16-12-14(6-10-20-16)18(24)22-8-4-2;2*1-3-7-11-9(5-1)10-6-2-4-8-12-10;/h3-6,9-12H,1-2,7-8H2,(H,21,23)(H,22,24);2*1-8H;. The third-order valence-corrected chi connectivity index (χ3v) is 6.31. The molecule has 0 fully saturated rings. The second-order valence-electron chi connectivity index (χ2n) is 9.72. The second-order valence-corrected chi connectivity index (χ2v) is 9.72. The van der Waals surface area contributed by atoms with Gasteiger partial charge in [0.25, 0.3) is 11.8 Å². The first-order chi connectivity index (χ1) is 23.6. The number of nitrogens with one attached hydrogen (secondary N) is 2. The van der Waals surface area contributed by atoms with E-state index in [4.69, 9.17) is 0 Å². The van der Waals surface area contributed by atoms with Crippen LogP contribution in [0.25, 0.3) is 34.2 Å². The summed E-state index contributed by atoms with van der Waals surface area (Å²) in [5, 5.41) is 5.40. The summed E-state index contributed by atoms with van der Waals surface area (Å²) in [5.74, 6) is -0.447. The SMILES string of the molecule is C=CCNC(=O)c1ccnc(-c2cc(C(=O)NCC=C)ccn2)c1.[Ru].c1ccc(-c2ccccn2)nc1.c1ccc(-c2ccccn2)nc1. The summed E-state index contributed by atoms with van der Waals surface area (Å²) in [6.45, 7) is 7.88. The average Bonchev–Trinajstić information content (AvgIpc) is 3.18. The quantitative estimate of drug-likeness (QED) is 0.131. The van der Waals surface area contributed by atoms with Gasteiger partial charge in [-0.25, -0.2) is 0 Å². The van der Waals surface area contributed by atoms with Crippen molar-refractivity contribution in [1.82, 2.24) is 40.5 Å². The molecule has 0 radical (unpaired) electrons. The Hall–Kier alpha value is -6.06. The third-order valence-electron chi connectivity index (χ3n) is 6.31. The van der Waals surface area contributed by atoms with E-state index in [1.54, 1.807) is 61.2 Å². The van der Waals surface area contributed by atoms with Gasteiger partial charge in [0.05, 0.1) is 34.2 Å². The minimum absolute atomic E-state index is 0. The Balaban J connectivity index is 0.000000217. The van der Waals surface area contributed by atoms with Crippen LogP contribution in [0.2, 0.25) is 0 Å². The van der Waals surface area contributed by atoms with Gasteiger partial charge in [0.2, 0.25) is 0 Å². The molecule has 0 aliphatic carbocycles. The van der Waals surface area contributed by atoms with Gasteiger partial charge in [0.1, 0.15) is 0 Å². The first-order valence-electron chi connectivity index (χ1n) is 14.9. The van der Waals surface area contributed by atoms with E-state index in [-0.39, 0.29) is 31.3 Å². The van der Waals surface area contributed by atoms with Crippen molar-refractivity contribution in [2.24, 2.45) is 0 Å². The first-order valence-corrected chi connectivity index (χ1v) is 14.9. The van der Waals surface area contributed by atoms with Gasteiger partial charge in [-0.05, 0) is 72.8 Å². The molecule has 0 saturated carbocycles. The largest absolute Gasteiger partial charge is 0.349 e. The van der Waals surface area contributed by atoms with E-state index in [0.29, 0.717) is 35.6 Å². The Kier molecular flexibility index (Phi) is 16.0. The van der Waals surface area contributed by atoms with Crippen molar-refractivity contribution < 1.29 is 29.1 Å². The second kappa shape index (κ2) is 20.9. The number of pyridine rings is 6. The molecule has 49 heavy (non-hydrogen) atoms. The van der Waals surface area contributed by atoms with Crippen LogP contribution in [0.15, 0.2) is 160 Å². The molecular formula is C38H34N8O2Ru. The number of amides is 2. The van der Waals surface area contributed by atoms with E-state index in [1.807, 2.05) is 72.8 Å². The summed E-state index contributed by atoms with van der Waals surface area (Å²) >= 11 is 0. The van der Waals surface area contributed by atoms with E-state index in [9.17, 15) is 9.59 Å². The third kappa shape index (κ3) is 12.2. The minimum Gasteiger partial charge on any atom is -0.349 e. The minimum atomic E-state index is -0.224. The van der Waals surface area contributed by atoms with Gasteiger partial charge in [0.15, 0.2) is 0 Å². The summed E-state index contributed by atoms with van der Waals surface area (Å²) in [6, 6.07) is 29.7. The zero-order chi connectivity index (χ0) is 33.8. The fraction of sp³-hybridized carbons (Fsp3) is 0.0526. The van der Waals surface area contributed by atoms with Gasteiger partial charge < -0.3 is 10.6 Å². The van der Waals surface area contributed by atoms with Crippen LogP contribution in [-0.4, -0.2) is 54.8 Å². The maximum Gasteiger partial charge on any atom is 0.251 e. The van der Waals surface area contributed by atoms with Crippen LogP contribution in [-0.2, 0) is 19.5 Å². The maximum atomic E-state index is 12.0. The van der Waals surface area contributed by atoms with Crippen LogP contribution in [0.5, 0.6) is 0 Å². The predicted octanol–water partition coefficient (Wildman–Crippen LogP) is 6.26. The van der Waals surface area contributed by atoms with Gasteiger partial charge in [-0.15, -0.1) is 13.2 Å². The number of rotatable bonds is 9. The van der Waals surface area contributed by atoms with E-state index in [2.05, 4.69) is 53.7 Å². The van der Waals surface area contributed by atoms with Gasteiger partial charge in [-0.1, -0.05) is 36.4 Å². The molecule has 11 heteroatoms. The van der Waals surface area contributed by atoms with Crippen LogP contribution in [0, 0.1) is 0 Å². The molecule has 6 rings (SSSR count). The van der Waals surface area contributed by atoms with Crippen molar-refractivity contribution in [1.29, 1.82) is 0 Å². The molecule has 0 aliphatic rings. The zero-order valence-electron chi connectivity index (χ0n) is 26.5. The Morgan fingerprint density at radius 2 is 0.776 bits per heavy atom. The molecule has 10 nitrogen and oxygen atoms in total. The fourth-order valence-corrected chi connectivity index (χ4v) is 4.01. The van der Waals surface area contributed by atoms with Crippen LogP contribution in [0.1, 0.15) is 20.7 Å². The smallest absolute Gasteiger partial charge is 0.251 e. The molecule has 0 atom stereocenters. The number of nitrogens with zero attached hydrogens (tertiary/aromatic N) is 6. The van der Waals surface area contributed by atoms with E-state index < -0.39 is 0 Å². The van der Waals surface area contributed by atoms with Crippen molar-refractivity contribution >= 4 is 11.8 Å². The Morgan fingerprint density at radius 1 is 0.469 bits per heavy atom. The Morgan fingerprint density at radius 3 is 1.04 bits per heavy atom. The maximum absolute atomic E-state index is 12.0. The summed E-state index contributed by atoms with van der Waals surface area (Å²) in [5.41, 5.74) is 5.61. The molecule has 2 amide bonds.